The first-order valence-corrected chi connectivity index (χ1v) is 4.16. The van der Waals surface area contributed by atoms with Crippen LogP contribution >= 0.6 is 0 Å². The van der Waals surface area contributed by atoms with Crippen molar-refractivity contribution in [2.45, 2.75) is 19.1 Å². The van der Waals surface area contributed by atoms with Crippen LogP contribution in [0.3, 0.4) is 0 Å². The molecule has 0 aromatic heterocycles. The van der Waals surface area contributed by atoms with E-state index in [9.17, 15) is 4.79 Å². The number of hydrogen-bond donors (Lipinski definition) is 2. The van der Waals surface area contributed by atoms with Crippen LogP contribution in [-0.4, -0.2) is 23.0 Å². The van der Waals surface area contributed by atoms with Gasteiger partial charge in [-0.05, 0) is 6.92 Å². The van der Waals surface area contributed by atoms with Crippen LogP contribution in [0.2, 0.25) is 0 Å². The fraction of sp³-hybridized carbons (Fsp3) is 0.300. The fourth-order valence-corrected chi connectivity index (χ4v) is 1.01. The van der Waals surface area contributed by atoms with Gasteiger partial charge in [0.05, 0.1) is 12.1 Å². The first-order chi connectivity index (χ1) is 6.13. The van der Waals surface area contributed by atoms with Gasteiger partial charge < -0.3 is 10.8 Å². The Bertz CT molecular complexity index is 282. The minimum Gasteiger partial charge on any atom is -0.391 e. The van der Waals surface area contributed by atoms with Crippen molar-refractivity contribution in [3.63, 3.8) is 0 Å². The van der Waals surface area contributed by atoms with Crippen LogP contribution in [0.25, 0.3) is 0 Å². The van der Waals surface area contributed by atoms with Crippen molar-refractivity contribution in [2.24, 2.45) is 5.73 Å². The van der Waals surface area contributed by atoms with Gasteiger partial charge in [0.25, 0.3) is 0 Å². The number of aliphatic hydroxyl groups excluding tert-OH is 1. The number of aliphatic hydroxyl groups is 1. The zero-order chi connectivity index (χ0) is 9.84. The second kappa shape index (κ2) is 4.16. The number of rotatable bonds is 3. The molecule has 0 aliphatic heterocycles. The van der Waals surface area contributed by atoms with Gasteiger partial charge in [0, 0.05) is 5.56 Å². The van der Waals surface area contributed by atoms with Crippen LogP contribution in [0.1, 0.15) is 17.3 Å². The average molecular weight is 179 g/mol. The highest BCUT2D eigenvalue weighted by atomic mass is 16.3. The highest BCUT2D eigenvalue weighted by molar-refractivity contribution is 6.00. The predicted molar refractivity (Wildman–Crippen MR) is 50.4 cm³/mol. The van der Waals surface area contributed by atoms with Gasteiger partial charge in [-0.1, -0.05) is 30.3 Å². The van der Waals surface area contributed by atoms with E-state index < -0.39 is 12.1 Å². The van der Waals surface area contributed by atoms with Crippen molar-refractivity contribution >= 4 is 5.78 Å². The van der Waals surface area contributed by atoms with E-state index in [2.05, 4.69) is 0 Å². The first-order valence-electron chi connectivity index (χ1n) is 4.16. The Balaban J connectivity index is 2.80. The number of Topliss-reactive ketones (excluding diaryl/α,β-unsaturated/α-hetero) is 1. The molecule has 0 aliphatic rings. The summed E-state index contributed by atoms with van der Waals surface area (Å²) in [6.45, 7) is 1.51. The van der Waals surface area contributed by atoms with Crippen LogP contribution in [0, 0.1) is 0 Å². The number of carbonyl (C=O) groups excluding carboxylic acids is 1. The normalized spacial score (nSPS) is 15.0. The number of ketones is 1. The maximum absolute atomic E-state index is 11.5. The number of carbonyl (C=O) groups is 1. The van der Waals surface area contributed by atoms with E-state index in [0.717, 1.165) is 0 Å². The maximum atomic E-state index is 11.5. The van der Waals surface area contributed by atoms with E-state index in [-0.39, 0.29) is 5.78 Å². The summed E-state index contributed by atoms with van der Waals surface area (Å²) in [4.78, 5) is 11.5. The fourth-order valence-electron chi connectivity index (χ4n) is 1.01. The molecule has 0 unspecified atom stereocenters. The lowest BCUT2D eigenvalue weighted by Gasteiger charge is -2.12. The predicted octanol–water partition coefficient (Wildman–Crippen LogP) is 0.577. The van der Waals surface area contributed by atoms with Crippen LogP contribution in [0.15, 0.2) is 30.3 Å². The third-order valence-corrected chi connectivity index (χ3v) is 1.88. The second-order valence-electron chi connectivity index (χ2n) is 3.00. The van der Waals surface area contributed by atoms with Gasteiger partial charge in [-0.3, -0.25) is 4.79 Å². The molecule has 70 valence electrons. The molecule has 1 aromatic carbocycles. The minimum absolute atomic E-state index is 0.226. The number of hydrogen-bond acceptors (Lipinski definition) is 3. The molecular formula is C10H13NO2. The van der Waals surface area contributed by atoms with Crippen LogP contribution in [-0.2, 0) is 0 Å². The van der Waals surface area contributed by atoms with Crippen molar-refractivity contribution in [1.82, 2.24) is 0 Å². The molecule has 0 saturated heterocycles. The smallest absolute Gasteiger partial charge is 0.182 e. The zero-order valence-electron chi connectivity index (χ0n) is 7.47. The average Bonchev–Trinajstić information content (AvgIpc) is 2.17. The SMILES string of the molecule is C[C@@H](O)[C@H](N)C(=O)c1ccccc1. The summed E-state index contributed by atoms with van der Waals surface area (Å²) in [5.74, 6) is -0.226. The van der Waals surface area contributed by atoms with E-state index in [1.807, 2.05) is 6.07 Å². The first kappa shape index (κ1) is 9.89. The molecule has 0 saturated carbocycles. The third-order valence-electron chi connectivity index (χ3n) is 1.88. The van der Waals surface area contributed by atoms with Crippen molar-refractivity contribution in [2.75, 3.05) is 0 Å². The molecule has 0 radical (unpaired) electrons. The molecular weight excluding hydrogens is 166 g/mol. The topological polar surface area (TPSA) is 63.3 Å². The Morgan fingerprint density at radius 2 is 1.92 bits per heavy atom. The highest BCUT2D eigenvalue weighted by Crippen LogP contribution is 2.04. The number of benzene rings is 1. The zero-order valence-corrected chi connectivity index (χ0v) is 7.47. The molecule has 3 N–H and O–H groups in total. The maximum Gasteiger partial charge on any atom is 0.182 e. The number of nitrogens with two attached hydrogens (primary N) is 1. The van der Waals surface area contributed by atoms with Gasteiger partial charge in [0.2, 0.25) is 0 Å². The monoisotopic (exact) mass is 179 g/mol. The molecule has 13 heavy (non-hydrogen) atoms. The summed E-state index contributed by atoms with van der Waals surface area (Å²) in [7, 11) is 0. The standard InChI is InChI=1S/C10H13NO2/c1-7(12)9(11)10(13)8-5-3-2-4-6-8/h2-7,9,12H,11H2,1H3/t7-,9+/m1/s1. The Morgan fingerprint density at radius 1 is 1.38 bits per heavy atom. The molecule has 0 heterocycles. The summed E-state index contributed by atoms with van der Waals surface area (Å²) >= 11 is 0. The van der Waals surface area contributed by atoms with Gasteiger partial charge in [-0.15, -0.1) is 0 Å². The van der Waals surface area contributed by atoms with E-state index in [0.29, 0.717) is 5.56 Å². The summed E-state index contributed by atoms with van der Waals surface area (Å²) in [6.07, 6.45) is -0.812. The molecule has 3 nitrogen and oxygen atoms in total. The molecule has 0 bridgehead atoms. The van der Waals surface area contributed by atoms with Gasteiger partial charge in [-0.25, -0.2) is 0 Å². The Morgan fingerprint density at radius 3 is 2.38 bits per heavy atom. The molecule has 0 fully saturated rings. The molecule has 0 spiro atoms. The van der Waals surface area contributed by atoms with Gasteiger partial charge in [-0.2, -0.15) is 0 Å². The summed E-state index contributed by atoms with van der Waals surface area (Å²) in [6, 6.07) is 7.89. The van der Waals surface area contributed by atoms with Crippen LogP contribution in [0.4, 0.5) is 0 Å². The largest absolute Gasteiger partial charge is 0.391 e. The third kappa shape index (κ3) is 2.37. The summed E-state index contributed by atoms with van der Waals surface area (Å²) < 4.78 is 0. The van der Waals surface area contributed by atoms with Crippen molar-refractivity contribution < 1.29 is 9.90 Å². The van der Waals surface area contributed by atoms with Gasteiger partial charge >= 0.3 is 0 Å². The molecule has 3 heteroatoms. The van der Waals surface area contributed by atoms with E-state index in [1.54, 1.807) is 24.3 Å². The lowest BCUT2D eigenvalue weighted by Crippen LogP contribution is -2.40. The molecule has 1 rings (SSSR count). The van der Waals surface area contributed by atoms with E-state index in [1.165, 1.54) is 6.92 Å². The molecule has 0 aliphatic carbocycles. The second-order valence-corrected chi connectivity index (χ2v) is 3.00. The molecule has 1 aromatic rings. The Labute approximate surface area is 77.2 Å². The van der Waals surface area contributed by atoms with Crippen molar-refractivity contribution in [3.8, 4) is 0 Å². The van der Waals surface area contributed by atoms with Gasteiger partial charge in [0.1, 0.15) is 0 Å². The van der Waals surface area contributed by atoms with Crippen LogP contribution < -0.4 is 5.73 Å². The van der Waals surface area contributed by atoms with Crippen molar-refractivity contribution in [1.29, 1.82) is 0 Å². The Hall–Kier alpha value is -1.19. The quantitative estimate of drug-likeness (QED) is 0.667. The summed E-state index contributed by atoms with van der Waals surface area (Å²) in [5, 5.41) is 9.11. The van der Waals surface area contributed by atoms with E-state index in [4.69, 9.17) is 10.8 Å². The Kier molecular flexibility index (Phi) is 3.17. The lowest BCUT2D eigenvalue weighted by molar-refractivity contribution is 0.0847. The lowest BCUT2D eigenvalue weighted by atomic mass is 10.0. The van der Waals surface area contributed by atoms with Crippen LogP contribution in [0.5, 0.6) is 0 Å². The van der Waals surface area contributed by atoms with E-state index >= 15 is 0 Å². The minimum atomic E-state index is -0.831. The van der Waals surface area contributed by atoms with Gasteiger partial charge in [0.15, 0.2) is 5.78 Å². The summed E-state index contributed by atoms with van der Waals surface area (Å²) in [5.41, 5.74) is 6.03. The highest BCUT2D eigenvalue weighted by Gasteiger charge is 2.19. The molecule has 2 atom stereocenters. The van der Waals surface area contributed by atoms with Crippen molar-refractivity contribution in [3.05, 3.63) is 35.9 Å². The molecule has 0 amide bonds.